The van der Waals surface area contributed by atoms with E-state index in [9.17, 15) is 4.79 Å². The zero-order valence-electron chi connectivity index (χ0n) is 11.4. The average Bonchev–Trinajstić information content (AvgIpc) is 2.51. The summed E-state index contributed by atoms with van der Waals surface area (Å²) >= 11 is 9.37. The fourth-order valence-corrected chi connectivity index (χ4v) is 3.23. The number of oxime groups is 1. The van der Waals surface area contributed by atoms with Crippen molar-refractivity contribution in [2.75, 3.05) is 5.32 Å². The van der Waals surface area contributed by atoms with Gasteiger partial charge in [0.05, 0.1) is 15.2 Å². The van der Waals surface area contributed by atoms with Crippen molar-refractivity contribution < 1.29 is 10.0 Å². The second-order valence-electron chi connectivity index (χ2n) is 5.18. The highest BCUT2D eigenvalue weighted by atomic mass is 79.9. The van der Waals surface area contributed by atoms with E-state index in [1.807, 2.05) is 0 Å². The fourth-order valence-electron chi connectivity index (χ4n) is 2.69. The van der Waals surface area contributed by atoms with E-state index >= 15 is 0 Å². The van der Waals surface area contributed by atoms with Gasteiger partial charge in [0.1, 0.15) is 5.41 Å². The first-order valence-electron chi connectivity index (χ1n) is 6.75. The number of halogens is 2. The number of rotatable bonds is 3. The van der Waals surface area contributed by atoms with Crippen LogP contribution in [0, 0.1) is 5.41 Å². The number of benzene rings is 1. The molecule has 0 atom stereocenters. The van der Waals surface area contributed by atoms with Crippen LogP contribution in [0.4, 0.5) is 5.69 Å². The number of nitrogens with one attached hydrogen (secondary N) is 1. The molecule has 0 unspecified atom stereocenters. The van der Waals surface area contributed by atoms with Gasteiger partial charge in [0.15, 0.2) is 5.84 Å². The lowest BCUT2D eigenvalue weighted by Crippen LogP contribution is -2.48. The van der Waals surface area contributed by atoms with E-state index in [0.717, 1.165) is 19.3 Å². The van der Waals surface area contributed by atoms with Crippen LogP contribution in [-0.4, -0.2) is 17.0 Å². The third-order valence-electron chi connectivity index (χ3n) is 3.94. The summed E-state index contributed by atoms with van der Waals surface area (Å²) in [6, 6.07) is 5.22. The summed E-state index contributed by atoms with van der Waals surface area (Å²) in [4.78, 5) is 12.7. The van der Waals surface area contributed by atoms with Crippen LogP contribution in [0.5, 0.6) is 0 Å². The van der Waals surface area contributed by atoms with E-state index in [1.54, 1.807) is 18.2 Å². The van der Waals surface area contributed by atoms with E-state index in [4.69, 9.17) is 22.5 Å². The summed E-state index contributed by atoms with van der Waals surface area (Å²) in [5, 5.41) is 15.4. The first kappa shape index (κ1) is 16.1. The monoisotopic (exact) mass is 373 g/mol. The predicted octanol–water partition coefficient (Wildman–Crippen LogP) is 3.74. The van der Waals surface area contributed by atoms with Gasteiger partial charge < -0.3 is 16.3 Å². The number of hydrogen-bond donors (Lipinski definition) is 3. The van der Waals surface area contributed by atoms with Crippen molar-refractivity contribution >= 4 is 45.0 Å². The Morgan fingerprint density at radius 2 is 2.05 bits per heavy atom. The molecule has 2 rings (SSSR count). The highest BCUT2D eigenvalue weighted by Crippen LogP contribution is 2.39. The second-order valence-corrected chi connectivity index (χ2v) is 6.38. The van der Waals surface area contributed by atoms with Gasteiger partial charge in [-0.3, -0.25) is 4.79 Å². The highest BCUT2D eigenvalue weighted by Gasteiger charge is 2.44. The molecule has 0 spiro atoms. The highest BCUT2D eigenvalue weighted by molar-refractivity contribution is 9.10. The molecule has 1 amide bonds. The van der Waals surface area contributed by atoms with E-state index in [0.29, 0.717) is 28.0 Å². The molecule has 0 heterocycles. The number of carbonyl (C=O) groups is 1. The summed E-state index contributed by atoms with van der Waals surface area (Å²) in [7, 11) is 0. The Labute approximate surface area is 136 Å². The van der Waals surface area contributed by atoms with Crippen LogP contribution in [0.1, 0.15) is 32.1 Å². The Morgan fingerprint density at radius 3 is 2.67 bits per heavy atom. The molecule has 114 valence electrons. The summed E-state index contributed by atoms with van der Waals surface area (Å²) < 4.78 is 0.616. The van der Waals surface area contributed by atoms with Gasteiger partial charge in [0.2, 0.25) is 5.91 Å². The lowest BCUT2D eigenvalue weighted by molar-refractivity contribution is -0.123. The molecule has 21 heavy (non-hydrogen) atoms. The SMILES string of the molecule is N/C(=N/O)C1(C(=O)Nc2cccc(Cl)c2Br)CCCCC1. The van der Waals surface area contributed by atoms with Crippen molar-refractivity contribution in [1.29, 1.82) is 0 Å². The normalized spacial score (nSPS) is 18.3. The largest absolute Gasteiger partial charge is 0.409 e. The molecular formula is C14H17BrClN3O2. The molecule has 1 aliphatic rings. The lowest BCUT2D eigenvalue weighted by atomic mass is 9.72. The Morgan fingerprint density at radius 1 is 1.38 bits per heavy atom. The molecule has 1 aliphatic carbocycles. The Hall–Kier alpha value is -1.27. The number of amides is 1. The van der Waals surface area contributed by atoms with Gasteiger partial charge in [0, 0.05) is 0 Å². The fraction of sp³-hybridized carbons (Fsp3) is 0.429. The van der Waals surface area contributed by atoms with Gasteiger partial charge in [-0.15, -0.1) is 0 Å². The number of carbonyl (C=O) groups excluding carboxylic acids is 1. The number of nitrogens with zero attached hydrogens (tertiary/aromatic N) is 1. The Balaban J connectivity index is 2.29. The van der Waals surface area contributed by atoms with Crippen molar-refractivity contribution in [2.45, 2.75) is 32.1 Å². The van der Waals surface area contributed by atoms with Crippen LogP contribution >= 0.6 is 27.5 Å². The van der Waals surface area contributed by atoms with Crippen molar-refractivity contribution in [3.63, 3.8) is 0 Å². The van der Waals surface area contributed by atoms with Gasteiger partial charge in [-0.2, -0.15) is 0 Å². The molecule has 1 aromatic carbocycles. The first-order valence-corrected chi connectivity index (χ1v) is 7.92. The molecule has 0 radical (unpaired) electrons. The third kappa shape index (κ3) is 3.16. The Kier molecular flexibility index (Phi) is 5.11. The molecule has 1 aromatic rings. The number of nitrogens with two attached hydrogens (primary N) is 1. The summed E-state index contributed by atoms with van der Waals surface area (Å²) in [5.74, 6) is -0.293. The second kappa shape index (κ2) is 6.66. The van der Waals surface area contributed by atoms with Crippen LogP contribution in [0.2, 0.25) is 5.02 Å². The van der Waals surface area contributed by atoms with Crippen LogP contribution in [-0.2, 0) is 4.79 Å². The van der Waals surface area contributed by atoms with Crippen molar-refractivity contribution in [1.82, 2.24) is 0 Å². The quantitative estimate of drug-likeness (QED) is 0.326. The summed E-state index contributed by atoms with van der Waals surface area (Å²) in [6.45, 7) is 0. The summed E-state index contributed by atoms with van der Waals surface area (Å²) in [6.07, 6.45) is 3.95. The molecule has 0 aliphatic heterocycles. The smallest absolute Gasteiger partial charge is 0.238 e. The van der Waals surface area contributed by atoms with Crippen LogP contribution in [0.15, 0.2) is 27.8 Å². The first-order chi connectivity index (χ1) is 10.0. The zero-order valence-corrected chi connectivity index (χ0v) is 13.7. The minimum absolute atomic E-state index is 0.0298. The molecule has 7 heteroatoms. The minimum Gasteiger partial charge on any atom is -0.409 e. The third-order valence-corrected chi connectivity index (χ3v) is 5.34. The molecule has 0 aromatic heterocycles. The predicted molar refractivity (Wildman–Crippen MR) is 86.7 cm³/mol. The van der Waals surface area contributed by atoms with E-state index in [2.05, 4.69) is 26.4 Å². The number of hydrogen-bond acceptors (Lipinski definition) is 3. The molecule has 0 bridgehead atoms. The zero-order chi connectivity index (χ0) is 15.5. The summed E-state index contributed by atoms with van der Waals surface area (Å²) in [5.41, 5.74) is 5.43. The van der Waals surface area contributed by atoms with E-state index in [1.165, 1.54) is 0 Å². The van der Waals surface area contributed by atoms with Crippen LogP contribution < -0.4 is 11.1 Å². The van der Waals surface area contributed by atoms with Crippen LogP contribution in [0.25, 0.3) is 0 Å². The van der Waals surface area contributed by atoms with Gasteiger partial charge in [0.25, 0.3) is 0 Å². The molecule has 0 saturated heterocycles. The van der Waals surface area contributed by atoms with Crippen LogP contribution in [0.3, 0.4) is 0 Å². The standard InChI is InChI=1S/C14H17BrClN3O2/c15-11-9(16)5-4-6-10(11)18-13(20)14(12(17)19-21)7-2-1-3-8-14/h4-6,21H,1-3,7-8H2,(H2,17,19)(H,18,20). The molecule has 1 fully saturated rings. The molecular weight excluding hydrogens is 358 g/mol. The number of anilines is 1. The molecule has 5 nitrogen and oxygen atoms in total. The van der Waals surface area contributed by atoms with Gasteiger partial charge in [-0.1, -0.05) is 42.1 Å². The van der Waals surface area contributed by atoms with Gasteiger partial charge in [-0.25, -0.2) is 0 Å². The van der Waals surface area contributed by atoms with E-state index in [-0.39, 0.29) is 11.7 Å². The minimum atomic E-state index is -0.950. The average molecular weight is 375 g/mol. The lowest BCUT2D eigenvalue weighted by Gasteiger charge is -2.34. The topological polar surface area (TPSA) is 87.7 Å². The number of amidine groups is 1. The maximum atomic E-state index is 12.7. The van der Waals surface area contributed by atoms with Crippen molar-refractivity contribution in [3.05, 3.63) is 27.7 Å². The molecule has 4 N–H and O–H groups in total. The molecule has 1 saturated carbocycles. The van der Waals surface area contributed by atoms with E-state index < -0.39 is 5.41 Å². The Bertz CT molecular complexity index is 571. The van der Waals surface area contributed by atoms with Crippen molar-refractivity contribution in [2.24, 2.45) is 16.3 Å². The maximum absolute atomic E-state index is 12.7. The van der Waals surface area contributed by atoms with Gasteiger partial charge in [-0.05, 0) is 40.9 Å². The van der Waals surface area contributed by atoms with Gasteiger partial charge >= 0.3 is 0 Å². The van der Waals surface area contributed by atoms with Crippen molar-refractivity contribution in [3.8, 4) is 0 Å². The maximum Gasteiger partial charge on any atom is 0.238 e.